The van der Waals surface area contributed by atoms with Crippen molar-refractivity contribution in [1.82, 2.24) is 19.5 Å². The first-order valence-corrected chi connectivity index (χ1v) is 27.4. The van der Waals surface area contributed by atoms with E-state index in [1.165, 1.54) is 70.2 Å². The first-order chi connectivity index (χ1) is 38.4. The Labute approximate surface area is 456 Å². The Bertz CT molecular complexity index is 4500. The summed E-state index contributed by atoms with van der Waals surface area (Å²) in [5, 5.41) is 4.76. The molecular weight excluding hydrogens is 967 g/mol. The molecule has 5 nitrogen and oxygen atoms in total. The molecule has 0 fully saturated rings. The maximum absolute atomic E-state index is 5.38. The predicted octanol–water partition coefficient (Wildman–Crippen LogP) is 19.4. The number of anilines is 3. The van der Waals surface area contributed by atoms with Gasteiger partial charge in [0, 0.05) is 54.2 Å². The third-order valence-corrected chi connectivity index (χ3v) is 17.1. The van der Waals surface area contributed by atoms with Crippen molar-refractivity contribution in [2.45, 2.75) is 19.3 Å². The number of aromatic nitrogens is 4. The van der Waals surface area contributed by atoms with Crippen molar-refractivity contribution in [1.29, 1.82) is 0 Å². The second-order valence-corrected chi connectivity index (χ2v) is 21.8. The zero-order valence-electron chi connectivity index (χ0n) is 43.0. The lowest BCUT2D eigenvalue weighted by molar-refractivity contribution is 0.663. The van der Waals surface area contributed by atoms with Gasteiger partial charge in [0.25, 0.3) is 0 Å². The minimum atomic E-state index is -0.308. The third kappa shape index (κ3) is 7.40. The van der Waals surface area contributed by atoms with Crippen molar-refractivity contribution in [3.05, 3.63) is 272 Å². The maximum atomic E-state index is 5.38. The van der Waals surface area contributed by atoms with Crippen LogP contribution in [0.2, 0.25) is 0 Å². The summed E-state index contributed by atoms with van der Waals surface area (Å²) >= 11 is 1.87. The molecule has 0 bridgehead atoms. The molecular formula is C72H49N5S. The standard InChI is InChI=1S/C72H49N5S/c1-72(2)62-37-16-15-33-56(62)57-40-41-58-61-45-52(39-42-63(61)77(66(58)65(57)72)71-74-69(48-25-11-5-12-26-48)73-70(75-71)49-27-13-6-14-28-49)55-34-19-35-59-60-36-20-38-64(68(60)78-67(55)59)76(53-31-17-29-50(43-53)46-21-7-3-8-22-46)54-32-18-30-51(44-54)47-23-9-4-10-24-47/h3-45H,1-2H3. The van der Waals surface area contributed by atoms with E-state index in [2.05, 4.69) is 248 Å². The summed E-state index contributed by atoms with van der Waals surface area (Å²) in [4.78, 5) is 18.3. The van der Waals surface area contributed by atoms with Gasteiger partial charge >= 0.3 is 0 Å². The van der Waals surface area contributed by atoms with E-state index < -0.39 is 0 Å². The third-order valence-electron chi connectivity index (χ3n) is 15.8. The van der Waals surface area contributed by atoms with Crippen LogP contribution < -0.4 is 4.90 Å². The molecule has 1 aliphatic rings. The normalized spacial score (nSPS) is 12.6. The number of nitrogens with zero attached hydrogens (tertiary/aromatic N) is 5. The summed E-state index contributed by atoms with van der Waals surface area (Å²) in [6.45, 7) is 4.72. The quantitative estimate of drug-likeness (QED) is 0.145. The van der Waals surface area contributed by atoms with E-state index in [9.17, 15) is 0 Å². The highest BCUT2D eigenvalue weighted by atomic mass is 32.1. The van der Waals surface area contributed by atoms with Crippen molar-refractivity contribution in [2.75, 3.05) is 4.90 Å². The van der Waals surface area contributed by atoms with Gasteiger partial charge in [0.05, 0.1) is 21.4 Å². The van der Waals surface area contributed by atoms with Crippen LogP contribution in [0, 0.1) is 0 Å². The fraction of sp³-hybridized carbons (Fsp3) is 0.0417. The molecule has 6 heteroatoms. The van der Waals surface area contributed by atoms with Gasteiger partial charge in [0.15, 0.2) is 11.6 Å². The minimum Gasteiger partial charge on any atom is -0.309 e. The average molecular weight is 1020 g/mol. The minimum absolute atomic E-state index is 0.308. The van der Waals surface area contributed by atoms with Gasteiger partial charge in [-0.2, -0.15) is 9.97 Å². The number of benzene rings is 11. The van der Waals surface area contributed by atoms with Crippen molar-refractivity contribution >= 4 is 70.4 Å². The molecule has 0 N–H and O–H groups in total. The van der Waals surface area contributed by atoms with Gasteiger partial charge in [-0.05, 0) is 98.1 Å². The molecule has 368 valence electrons. The van der Waals surface area contributed by atoms with Crippen LogP contribution in [0.1, 0.15) is 25.0 Å². The molecule has 0 saturated carbocycles. The van der Waals surface area contributed by atoms with Crippen LogP contribution in [0.5, 0.6) is 0 Å². The predicted molar refractivity (Wildman–Crippen MR) is 326 cm³/mol. The van der Waals surface area contributed by atoms with E-state index >= 15 is 0 Å². The Morgan fingerprint density at radius 2 is 0.897 bits per heavy atom. The molecule has 3 heterocycles. The van der Waals surface area contributed by atoms with E-state index in [1.54, 1.807) is 0 Å². The monoisotopic (exact) mass is 1020 g/mol. The zero-order valence-corrected chi connectivity index (χ0v) is 43.8. The van der Waals surface area contributed by atoms with Crippen LogP contribution in [0.15, 0.2) is 261 Å². The molecule has 0 aliphatic heterocycles. The lowest BCUT2D eigenvalue weighted by Crippen LogP contribution is -2.17. The SMILES string of the molecule is CC1(C)c2ccccc2-c2ccc3c4cc(-c5cccc6c5sc5c(N(c7cccc(-c8ccccc8)c7)c7cccc(-c8ccccc8)c7)cccc56)ccc4n(-c4nc(-c5ccccc5)nc(-c5ccccc5)n4)c3c21. The maximum Gasteiger partial charge on any atom is 0.238 e. The highest BCUT2D eigenvalue weighted by Gasteiger charge is 2.39. The number of thiophene rings is 1. The molecule has 15 rings (SSSR count). The van der Waals surface area contributed by atoms with Gasteiger partial charge in [-0.15, -0.1) is 11.3 Å². The Kier molecular flexibility index (Phi) is 10.7. The van der Waals surface area contributed by atoms with Crippen molar-refractivity contribution in [3.8, 4) is 73.2 Å². The van der Waals surface area contributed by atoms with Crippen molar-refractivity contribution in [2.24, 2.45) is 0 Å². The number of hydrogen-bond acceptors (Lipinski definition) is 5. The van der Waals surface area contributed by atoms with Crippen LogP contribution >= 0.6 is 11.3 Å². The smallest absolute Gasteiger partial charge is 0.238 e. The Balaban J connectivity index is 0.947. The molecule has 0 atom stereocenters. The van der Waals surface area contributed by atoms with Crippen LogP contribution in [0.4, 0.5) is 17.1 Å². The molecule has 78 heavy (non-hydrogen) atoms. The number of hydrogen-bond donors (Lipinski definition) is 0. The number of rotatable bonds is 9. The molecule has 0 unspecified atom stereocenters. The summed E-state index contributed by atoms with van der Waals surface area (Å²) in [7, 11) is 0. The van der Waals surface area contributed by atoms with Crippen molar-refractivity contribution in [3.63, 3.8) is 0 Å². The molecule has 0 amide bonds. The largest absolute Gasteiger partial charge is 0.309 e. The second-order valence-electron chi connectivity index (χ2n) is 20.7. The lowest BCUT2D eigenvalue weighted by atomic mass is 9.81. The van der Waals surface area contributed by atoms with Crippen LogP contribution in [0.3, 0.4) is 0 Å². The topological polar surface area (TPSA) is 46.8 Å². The summed E-state index contributed by atoms with van der Waals surface area (Å²) < 4.78 is 4.79. The van der Waals surface area contributed by atoms with Gasteiger partial charge in [0.2, 0.25) is 5.95 Å². The summed E-state index contributed by atoms with van der Waals surface area (Å²) in [5.41, 5.74) is 19.2. The van der Waals surface area contributed by atoms with Gasteiger partial charge in [0.1, 0.15) is 0 Å². The molecule has 14 aromatic rings. The first-order valence-electron chi connectivity index (χ1n) is 26.6. The molecule has 1 aliphatic carbocycles. The van der Waals surface area contributed by atoms with Crippen molar-refractivity contribution < 1.29 is 0 Å². The van der Waals surface area contributed by atoms with Gasteiger partial charge < -0.3 is 4.90 Å². The Hall–Kier alpha value is -9.75. The van der Waals surface area contributed by atoms with E-state index in [0.29, 0.717) is 17.6 Å². The summed E-state index contributed by atoms with van der Waals surface area (Å²) in [6.07, 6.45) is 0. The molecule has 11 aromatic carbocycles. The highest BCUT2D eigenvalue weighted by Crippen LogP contribution is 2.54. The second kappa shape index (κ2) is 18.2. The van der Waals surface area contributed by atoms with E-state index in [-0.39, 0.29) is 5.41 Å². The molecule has 0 radical (unpaired) electrons. The average Bonchev–Trinajstić information content (AvgIpc) is 4.33. The lowest BCUT2D eigenvalue weighted by Gasteiger charge is -2.27. The van der Waals surface area contributed by atoms with Gasteiger partial charge in [-0.1, -0.05) is 232 Å². The summed E-state index contributed by atoms with van der Waals surface area (Å²) in [6, 6.07) is 93.9. The Morgan fingerprint density at radius 1 is 0.372 bits per heavy atom. The zero-order chi connectivity index (χ0) is 51.9. The van der Waals surface area contributed by atoms with Crippen LogP contribution in [-0.4, -0.2) is 19.5 Å². The fourth-order valence-corrected chi connectivity index (χ4v) is 13.5. The molecule has 0 saturated heterocycles. The highest BCUT2D eigenvalue weighted by molar-refractivity contribution is 7.27. The van der Waals surface area contributed by atoms with E-state index in [4.69, 9.17) is 15.0 Å². The Morgan fingerprint density at radius 3 is 1.53 bits per heavy atom. The van der Waals surface area contributed by atoms with Crippen LogP contribution in [0.25, 0.3) is 115 Å². The van der Waals surface area contributed by atoms with E-state index in [1.807, 2.05) is 47.7 Å². The molecule has 0 spiro atoms. The number of fused-ring (bicyclic) bond motifs is 10. The first kappa shape index (κ1) is 45.6. The fourth-order valence-electron chi connectivity index (χ4n) is 12.2. The summed E-state index contributed by atoms with van der Waals surface area (Å²) in [5.74, 6) is 1.84. The van der Waals surface area contributed by atoms with Gasteiger partial charge in [-0.3, -0.25) is 4.57 Å². The molecule has 3 aromatic heterocycles. The van der Waals surface area contributed by atoms with Gasteiger partial charge in [-0.25, -0.2) is 4.98 Å². The van der Waals surface area contributed by atoms with Crippen LogP contribution in [-0.2, 0) is 5.41 Å². The van der Waals surface area contributed by atoms with E-state index in [0.717, 1.165) is 55.6 Å².